The van der Waals surface area contributed by atoms with E-state index in [2.05, 4.69) is 23.7 Å². The number of nitrogen functional groups attached to an aromatic ring is 1. The Morgan fingerprint density at radius 3 is 3.00 bits per heavy atom. The fourth-order valence-electron chi connectivity index (χ4n) is 1.87. The number of aromatic nitrogens is 1. The van der Waals surface area contributed by atoms with Crippen LogP contribution in [0.2, 0.25) is 0 Å². The minimum Gasteiger partial charge on any atom is -0.384 e. The first-order valence-corrected chi connectivity index (χ1v) is 5.17. The average Bonchev–Trinajstić information content (AvgIpc) is 2.16. The topological polar surface area (TPSA) is 51.4 Å². The third-order valence-electron chi connectivity index (χ3n) is 2.56. The van der Waals surface area contributed by atoms with Crippen LogP contribution in [0.15, 0.2) is 18.3 Å². The van der Waals surface area contributed by atoms with E-state index in [9.17, 15) is 0 Å². The van der Waals surface area contributed by atoms with Crippen LogP contribution in [0.25, 0.3) is 0 Å². The van der Waals surface area contributed by atoms with Gasteiger partial charge in [0.15, 0.2) is 0 Å². The van der Waals surface area contributed by atoms with Gasteiger partial charge in [-0.15, -0.1) is 0 Å². The molecular formula is C11H17N3O. The van der Waals surface area contributed by atoms with E-state index in [4.69, 9.17) is 10.5 Å². The summed E-state index contributed by atoms with van der Waals surface area (Å²) in [6, 6.07) is 3.89. The van der Waals surface area contributed by atoms with E-state index in [1.807, 2.05) is 12.1 Å². The molecule has 15 heavy (non-hydrogen) atoms. The largest absolute Gasteiger partial charge is 0.384 e. The van der Waals surface area contributed by atoms with E-state index in [0.717, 1.165) is 25.4 Å². The number of pyridine rings is 1. The van der Waals surface area contributed by atoms with Crippen molar-refractivity contribution in [3.63, 3.8) is 0 Å². The van der Waals surface area contributed by atoms with E-state index in [1.54, 1.807) is 6.20 Å². The second-order valence-corrected chi connectivity index (χ2v) is 4.47. The van der Waals surface area contributed by atoms with Crippen LogP contribution in [0, 0.1) is 0 Å². The SMILES string of the molecule is CC1(C)CN(c2ccnc(N)c2)CCO1. The van der Waals surface area contributed by atoms with Crippen LogP contribution in [0.1, 0.15) is 13.8 Å². The molecule has 4 heteroatoms. The molecule has 0 aromatic carbocycles. The molecule has 1 aliphatic heterocycles. The third-order valence-corrected chi connectivity index (χ3v) is 2.56. The van der Waals surface area contributed by atoms with Gasteiger partial charge in [-0.1, -0.05) is 0 Å². The summed E-state index contributed by atoms with van der Waals surface area (Å²) >= 11 is 0. The summed E-state index contributed by atoms with van der Waals surface area (Å²) in [6.07, 6.45) is 1.74. The maximum atomic E-state index is 5.66. The van der Waals surface area contributed by atoms with Crippen LogP contribution in [0.3, 0.4) is 0 Å². The van der Waals surface area contributed by atoms with Gasteiger partial charge < -0.3 is 15.4 Å². The minimum absolute atomic E-state index is 0.0870. The molecule has 0 spiro atoms. The Bertz CT molecular complexity index is 351. The Balaban J connectivity index is 2.17. The number of ether oxygens (including phenoxy) is 1. The molecule has 2 N–H and O–H groups in total. The van der Waals surface area contributed by atoms with E-state index >= 15 is 0 Å². The van der Waals surface area contributed by atoms with Gasteiger partial charge in [-0.2, -0.15) is 0 Å². The highest BCUT2D eigenvalue weighted by molar-refractivity contribution is 5.52. The maximum absolute atomic E-state index is 5.66. The number of anilines is 2. The Morgan fingerprint density at radius 1 is 1.53 bits per heavy atom. The average molecular weight is 207 g/mol. The summed E-state index contributed by atoms with van der Waals surface area (Å²) in [7, 11) is 0. The van der Waals surface area contributed by atoms with Crippen LogP contribution in [-0.4, -0.2) is 30.3 Å². The number of nitrogens with two attached hydrogens (primary N) is 1. The van der Waals surface area contributed by atoms with Crippen LogP contribution in [0.5, 0.6) is 0 Å². The molecule has 2 rings (SSSR count). The molecule has 0 amide bonds. The number of hydrogen-bond acceptors (Lipinski definition) is 4. The molecule has 0 radical (unpaired) electrons. The summed E-state index contributed by atoms with van der Waals surface area (Å²) in [5.74, 6) is 0.566. The van der Waals surface area contributed by atoms with Gasteiger partial charge >= 0.3 is 0 Å². The Labute approximate surface area is 90.0 Å². The summed E-state index contributed by atoms with van der Waals surface area (Å²) in [4.78, 5) is 6.27. The summed E-state index contributed by atoms with van der Waals surface area (Å²) in [5, 5.41) is 0. The zero-order chi connectivity index (χ0) is 10.9. The number of hydrogen-bond donors (Lipinski definition) is 1. The van der Waals surface area contributed by atoms with Crippen molar-refractivity contribution in [2.45, 2.75) is 19.4 Å². The summed E-state index contributed by atoms with van der Waals surface area (Å²) in [5.41, 5.74) is 6.70. The van der Waals surface area contributed by atoms with Crippen molar-refractivity contribution in [3.8, 4) is 0 Å². The van der Waals surface area contributed by atoms with E-state index in [-0.39, 0.29) is 5.60 Å². The van der Waals surface area contributed by atoms with E-state index in [0.29, 0.717) is 5.82 Å². The van der Waals surface area contributed by atoms with Gasteiger partial charge in [0.1, 0.15) is 5.82 Å². The van der Waals surface area contributed by atoms with Crippen molar-refractivity contribution in [2.75, 3.05) is 30.3 Å². The van der Waals surface area contributed by atoms with Crippen molar-refractivity contribution < 1.29 is 4.74 Å². The molecule has 1 fully saturated rings. The third kappa shape index (κ3) is 2.39. The highest BCUT2D eigenvalue weighted by atomic mass is 16.5. The van der Waals surface area contributed by atoms with Crippen LogP contribution >= 0.6 is 0 Å². The van der Waals surface area contributed by atoms with Gasteiger partial charge in [0.25, 0.3) is 0 Å². The normalized spacial score (nSPS) is 20.3. The fraction of sp³-hybridized carbons (Fsp3) is 0.545. The molecule has 0 atom stereocenters. The Hall–Kier alpha value is -1.29. The summed E-state index contributed by atoms with van der Waals surface area (Å²) in [6.45, 7) is 6.76. The van der Waals surface area contributed by atoms with Crippen LogP contribution < -0.4 is 10.6 Å². The smallest absolute Gasteiger partial charge is 0.125 e. The standard InChI is InChI=1S/C11H17N3O/c1-11(2)8-14(5-6-15-11)9-3-4-13-10(12)7-9/h3-4,7H,5-6,8H2,1-2H3,(H2,12,13). The van der Waals surface area contributed by atoms with Gasteiger partial charge in [0, 0.05) is 31.0 Å². The second kappa shape index (κ2) is 3.70. The molecule has 0 unspecified atom stereocenters. The van der Waals surface area contributed by atoms with Gasteiger partial charge in [-0.3, -0.25) is 0 Å². The molecule has 2 heterocycles. The molecule has 4 nitrogen and oxygen atoms in total. The summed E-state index contributed by atoms with van der Waals surface area (Å²) < 4.78 is 5.66. The van der Waals surface area contributed by atoms with Crippen molar-refractivity contribution in [1.29, 1.82) is 0 Å². The number of rotatable bonds is 1. The highest BCUT2D eigenvalue weighted by Crippen LogP contribution is 2.23. The molecule has 0 aliphatic carbocycles. The van der Waals surface area contributed by atoms with Gasteiger partial charge in [-0.05, 0) is 19.9 Å². The van der Waals surface area contributed by atoms with E-state index in [1.165, 1.54) is 0 Å². The van der Waals surface area contributed by atoms with Crippen LogP contribution in [0.4, 0.5) is 11.5 Å². The maximum Gasteiger partial charge on any atom is 0.125 e. The predicted octanol–water partition coefficient (Wildman–Crippen LogP) is 1.28. The van der Waals surface area contributed by atoms with Crippen molar-refractivity contribution in [3.05, 3.63) is 18.3 Å². The van der Waals surface area contributed by atoms with Gasteiger partial charge in [-0.25, -0.2) is 4.98 Å². The monoisotopic (exact) mass is 207 g/mol. The lowest BCUT2D eigenvalue weighted by atomic mass is 10.1. The molecule has 82 valence electrons. The zero-order valence-corrected chi connectivity index (χ0v) is 9.23. The van der Waals surface area contributed by atoms with Crippen molar-refractivity contribution in [2.24, 2.45) is 0 Å². The fourth-order valence-corrected chi connectivity index (χ4v) is 1.87. The minimum atomic E-state index is -0.0870. The van der Waals surface area contributed by atoms with Crippen molar-refractivity contribution >= 4 is 11.5 Å². The molecule has 0 saturated carbocycles. The lowest BCUT2D eigenvalue weighted by Gasteiger charge is -2.39. The Morgan fingerprint density at radius 2 is 2.33 bits per heavy atom. The first kappa shape index (κ1) is 10.2. The molecule has 1 aromatic heterocycles. The predicted molar refractivity (Wildman–Crippen MR) is 60.9 cm³/mol. The first-order valence-electron chi connectivity index (χ1n) is 5.17. The highest BCUT2D eigenvalue weighted by Gasteiger charge is 2.27. The lowest BCUT2D eigenvalue weighted by molar-refractivity contribution is -0.0276. The van der Waals surface area contributed by atoms with Crippen molar-refractivity contribution in [1.82, 2.24) is 4.98 Å². The molecule has 0 bridgehead atoms. The second-order valence-electron chi connectivity index (χ2n) is 4.47. The molecule has 1 aromatic rings. The number of nitrogens with zero attached hydrogens (tertiary/aromatic N) is 2. The Kier molecular flexibility index (Phi) is 2.52. The van der Waals surface area contributed by atoms with Crippen LogP contribution in [-0.2, 0) is 4.74 Å². The van der Waals surface area contributed by atoms with Gasteiger partial charge in [0.05, 0.1) is 12.2 Å². The molecule has 1 saturated heterocycles. The first-order chi connectivity index (χ1) is 7.07. The lowest BCUT2D eigenvalue weighted by Crippen LogP contribution is -2.48. The molecular weight excluding hydrogens is 190 g/mol. The van der Waals surface area contributed by atoms with E-state index < -0.39 is 0 Å². The quantitative estimate of drug-likeness (QED) is 0.753. The number of morpholine rings is 1. The van der Waals surface area contributed by atoms with Gasteiger partial charge in [0.2, 0.25) is 0 Å². The molecule has 1 aliphatic rings. The zero-order valence-electron chi connectivity index (χ0n) is 9.23.